The molecule has 1 unspecified atom stereocenters. The molecule has 1 saturated heterocycles. The van der Waals surface area contributed by atoms with Crippen molar-refractivity contribution in [2.45, 2.75) is 19.3 Å². The number of benzene rings is 1. The van der Waals surface area contributed by atoms with Crippen LogP contribution < -0.4 is 0 Å². The van der Waals surface area contributed by atoms with E-state index in [-0.39, 0.29) is 5.92 Å². The standard InChI is InChI=1S/C14H13N3O2S/c1-8-15-11-6-9(2-3-12(11)20-8)14-16-13(17-19-14)10-4-5-18-7-10/h2-3,6,10H,4-5,7H2,1H3. The van der Waals surface area contributed by atoms with Crippen LogP contribution in [-0.4, -0.2) is 28.3 Å². The lowest BCUT2D eigenvalue weighted by Crippen LogP contribution is -1.99. The fraction of sp³-hybridized carbons (Fsp3) is 0.357. The first-order chi connectivity index (χ1) is 9.79. The van der Waals surface area contributed by atoms with Crippen LogP contribution in [0.4, 0.5) is 0 Å². The summed E-state index contributed by atoms with van der Waals surface area (Å²) in [5.41, 5.74) is 1.90. The van der Waals surface area contributed by atoms with E-state index in [1.165, 1.54) is 4.70 Å². The van der Waals surface area contributed by atoms with Gasteiger partial charge in [0.05, 0.1) is 21.8 Å². The largest absolute Gasteiger partial charge is 0.381 e. The van der Waals surface area contributed by atoms with Gasteiger partial charge in [0.1, 0.15) is 0 Å². The Kier molecular flexibility index (Phi) is 2.78. The molecule has 3 heterocycles. The molecule has 0 aliphatic carbocycles. The van der Waals surface area contributed by atoms with E-state index in [0.717, 1.165) is 34.9 Å². The highest BCUT2D eigenvalue weighted by Crippen LogP contribution is 2.29. The smallest absolute Gasteiger partial charge is 0.258 e. The number of fused-ring (bicyclic) bond motifs is 1. The van der Waals surface area contributed by atoms with Gasteiger partial charge in [0.2, 0.25) is 0 Å². The van der Waals surface area contributed by atoms with Crippen LogP contribution in [0.5, 0.6) is 0 Å². The first-order valence-corrected chi connectivity index (χ1v) is 7.40. The van der Waals surface area contributed by atoms with Gasteiger partial charge in [-0.2, -0.15) is 4.98 Å². The number of hydrogen-bond donors (Lipinski definition) is 0. The Bertz CT molecular complexity index is 759. The van der Waals surface area contributed by atoms with Gasteiger partial charge in [-0.05, 0) is 31.5 Å². The van der Waals surface area contributed by atoms with Crippen molar-refractivity contribution in [3.63, 3.8) is 0 Å². The third-order valence-electron chi connectivity index (χ3n) is 3.48. The third kappa shape index (κ3) is 2.01. The molecule has 1 atom stereocenters. The minimum Gasteiger partial charge on any atom is -0.381 e. The van der Waals surface area contributed by atoms with E-state index in [9.17, 15) is 0 Å². The van der Waals surface area contributed by atoms with Gasteiger partial charge < -0.3 is 9.26 Å². The molecular weight excluding hydrogens is 274 g/mol. The first kappa shape index (κ1) is 12.0. The van der Waals surface area contributed by atoms with Crippen molar-refractivity contribution in [3.05, 3.63) is 29.0 Å². The Balaban J connectivity index is 1.71. The highest BCUT2D eigenvalue weighted by atomic mass is 32.1. The molecule has 1 fully saturated rings. The number of thiazole rings is 1. The maximum Gasteiger partial charge on any atom is 0.258 e. The van der Waals surface area contributed by atoms with Crippen LogP contribution in [0.3, 0.4) is 0 Å². The molecule has 2 aromatic heterocycles. The van der Waals surface area contributed by atoms with Gasteiger partial charge in [0.25, 0.3) is 5.89 Å². The fourth-order valence-electron chi connectivity index (χ4n) is 2.43. The number of nitrogens with zero attached hydrogens (tertiary/aromatic N) is 3. The molecule has 4 rings (SSSR count). The molecule has 3 aromatic rings. The van der Waals surface area contributed by atoms with Gasteiger partial charge in [-0.1, -0.05) is 5.16 Å². The van der Waals surface area contributed by atoms with Gasteiger partial charge >= 0.3 is 0 Å². The normalized spacial score (nSPS) is 18.9. The summed E-state index contributed by atoms with van der Waals surface area (Å²) in [6.07, 6.45) is 0.962. The van der Waals surface area contributed by atoms with Crippen molar-refractivity contribution < 1.29 is 9.26 Å². The highest BCUT2D eigenvalue weighted by Gasteiger charge is 2.23. The zero-order chi connectivity index (χ0) is 13.5. The van der Waals surface area contributed by atoms with Crippen LogP contribution in [0.2, 0.25) is 0 Å². The van der Waals surface area contributed by atoms with Gasteiger partial charge in [-0.3, -0.25) is 0 Å². The van der Waals surface area contributed by atoms with Crippen molar-refractivity contribution in [1.29, 1.82) is 0 Å². The average Bonchev–Trinajstić information content (AvgIpc) is 3.17. The summed E-state index contributed by atoms with van der Waals surface area (Å²) in [4.78, 5) is 8.99. The Hall–Kier alpha value is -1.79. The minimum absolute atomic E-state index is 0.262. The molecule has 1 aliphatic heterocycles. The topological polar surface area (TPSA) is 61.0 Å². The van der Waals surface area contributed by atoms with Gasteiger partial charge in [0, 0.05) is 18.1 Å². The zero-order valence-corrected chi connectivity index (χ0v) is 11.8. The molecule has 0 radical (unpaired) electrons. The lowest BCUT2D eigenvalue weighted by atomic mass is 10.1. The van der Waals surface area contributed by atoms with Gasteiger partial charge in [-0.25, -0.2) is 4.98 Å². The zero-order valence-electron chi connectivity index (χ0n) is 11.0. The van der Waals surface area contributed by atoms with Crippen molar-refractivity contribution in [2.75, 3.05) is 13.2 Å². The Morgan fingerprint density at radius 3 is 3.10 bits per heavy atom. The summed E-state index contributed by atoms with van der Waals surface area (Å²) in [6, 6.07) is 6.06. The monoisotopic (exact) mass is 287 g/mol. The van der Waals surface area contributed by atoms with Crippen LogP contribution in [0.25, 0.3) is 21.7 Å². The predicted octanol–water partition coefficient (Wildman–Crippen LogP) is 3.16. The van der Waals surface area contributed by atoms with E-state index < -0.39 is 0 Å². The summed E-state index contributed by atoms with van der Waals surface area (Å²) < 4.78 is 11.9. The quantitative estimate of drug-likeness (QED) is 0.724. The van der Waals surface area contributed by atoms with Crippen molar-refractivity contribution >= 4 is 21.6 Å². The Labute approximate surface area is 119 Å². The lowest BCUT2D eigenvalue weighted by Gasteiger charge is -1.97. The number of hydrogen-bond acceptors (Lipinski definition) is 6. The highest BCUT2D eigenvalue weighted by molar-refractivity contribution is 7.18. The molecule has 0 saturated carbocycles. The third-order valence-corrected chi connectivity index (χ3v) is 4.43. The van der Waals surface area contributed by atoms with E-state index >= 15 is 0 Å². The van der Waals surface area contributed by atoms with E-state index in [0.29, 0.717) is 12.5 Å². The SMILES string of the molecule is Cc1nc2cc(-c3nc(C4CCOC4)no3)ccc2s1. The summed E-state index contributed by atoms with van der Waals surface area (Å²) in [6.45, 7) is 3.47. The average molecular weight is 287 g/mol. The maximum atomic E-state index is 5.38. The number of rotatable bonds is 2. The van der Waals surface area contributed by atoms with Gasteiger partial charge in [-0.15, -0.1) is 11.3 Å². The Morgan fingerprint density at radius 1 is 1.30 bits per heavy atom. The van der Waals surface area contributed by atoms with E-state index in [2.05, 4.69) is 21.2 Å². The summed E-state index contributed by atoms with van der Waals surface area (Å²) in [5, 5.41) is 5.14. The van der Waals surface area contributed by atoms with E-state index in [4.69, 9.17) is 9.26 Å². The molecule has 1 aromatic carbocycles. The Morgan fingerprint density at radius 2 is 2.25 bits per heavy atom. The molecule has 1 aliphatic rings. The lowest BCUT2D eigenvalue weighted by molar-refractivity contribution is 0.192. The summed E-state index contributed by atoms with van der Waals surface area (Å²) in [7, 11) is 0. The summed E-state index contributed by atoms with van der Waals surface area (Å²) >= 11 is 1.69. The summed E-state index contributed by atoms with van der Waals surface area (Å²) in [5.74, 6) is 1.56. The van der Waals surface area contributed by atoms with Gasteiger partial charge in [0.15, 0.2) is 5.82 Å². The van der Waals surface area contributed by atoms with Crippen LogP contribution in [-0.2, 0) is 4.74 Å². The predicted molar refractivity (Wildman–Crippen MR) is 75.8 cm³/mol. The van der Waals surface area contributed by atoms with Crippen molar-refractivity contribution in [2.24, 2.45) is 0 Å². The second-order valence-corrected chi connectivity index (χ2v) is 6.17. The fourth-order valence-corrected chi connectivity index (χ4v) is 3.24. The molecule has 20 heavy (non-hydrogen) atoms. The second-order valence-electron chi connectivity index (χ2n) is 4.93. The molecule has 6 heteroatoms. The molecule has 0 amide bonds. The minimum atomic E-state index is 0.262. The molecule has 102 valence electrons. The molecule has 0 N–H and O–H groups in total. The number of aromatic nitrogens is 3. The second kappa shape index (κ2) is 4.64. The maximum absolute atomic E-state index is 5.38. The molecular formula is C14H13N3O2S. The molecule has 5 nitrogen and oxygen atoms in total. The van der Waals surface area contributed by atoms with Crippen LogP contribution in [0.1, 0.15) is 23.2 Å². The van der Waals surface area contributed by atoms with Crippen LogP contribution in [0.15, 0.2) is 22.7 Å². The molecule has 0 bridgehead atoms. The van der Waals surface area contributed by atoms with Crippen molar-refractivity contribution in [3.8, 4) is 11.5 Å². The number of ether oxygens (including phenoxy) is 1. The van der Waals surface area contributed by atoms with E-state index in [1.54, 1.807) is 11.3 Å². The van der Waals surface area contributed by atoms with E-state index in [1.807, 2.05) is 19.1 Å². The number of aryl methyl sites for hydroxylation is 1. The van der Waals surface area contributed by atoms with Crippen LogP contribution in [0, 0.1) is 6.92 Å². The van der Waals surface area contributed by atoms with Crippen LogP contribution >= 0.6 is 11.3 Å². The molecule has 0 spiro atoms. The van der Waals surface area contributed by atoms with Crippen molar-refractivity contribution in [1.82, 2.24) is 15.1 Å². The first-order valence-electron chi connectivity index (χ1n) is 6.58.